The molecule has 0 aromatic carbocycles. The lowest BCUT2D eigenvalue weighted by molar-refractivity contribution is 0.156. The number of piperidine rings is 1. The molecule has 2 rings (SSSR count). The maximum absolute atomic E-state index is 6.00. The van der Waals surface area contributed by atoms with Crippen LogP contribution < -0.4 is 5.73 Å². The Balaban J connectivity index is 1.81. The largest absolute Gasteiger partial charge is 0.334 e. The molecule has 1 aromatic heterocycles. The number of nitrogens with zero attached hydrogens (tertiary/aromatic N) is 3. The molecule has 1 aliphatic rings. The molecule has 4 nitrogen and oxygen atoms in total. The van der Waals surface area contributed by atoms with Gasteiger partial charge >= 0.3 is 0 Å². The van der Waals surface area contributed by atoms with Gasteiger partial charge in [-0.1, -0.05) is 0 Å². The molecule has 2 unspecified atom stereocenters. The van der Waals surface area contributed by atoms with Crippen LogP contribution in [0.4, 0.5) is 0 Å². The number of hydrogen-bond donors (Lipinski definition) is 1. The van der Waals surface area contributed by atoms with E-state index in [1.807, 2.05) is 6.20 Å². The molecule has 4 heteroatoms. The Labute approximate surface area is 104 Å². The molecule has 2 heterocycles. The van der Waals surface area contributed by atoms with Crippen LogP contribution in [-0.2, 0) is 6.54 Å². The molecule has 1 saturated heterocycles. The second kappa shape index (κ2) is 5.65. The number of nitrogens with two attached hydrogens (primary N) is 1. The lowest BCUT2D eigenvalue weighted by Gasteiger charge is -2.34. The van der Waals surface area contributed by atoms with Gasteiger partial charge in [-0.3, -0.25) is 0 Å². The molecule has 96 valence electrons. The van der Waals surface area contributed by atoms with Gasteiger partial charge in [0.05, 0.1) is 0 Å². The summed E-state index contributed by atoms with van der Waals surface area (Å²) in [5.74, 6) is 1.78. The average Bonchev–Trinajstić information content (AvgIpc) is 2.72. The van der Waals surface area contributed by atoms with Crippen molar-refractivity contribution >= 4 is 0 Å². The highest BCUT2D eigenvalue weighted by Gasteiger charge is 2.22. The van der Waals surface area contributed by atoms with Gasteiger partial charge < -0.3 is 15.2 Å². The van der Waals surface area contributed by atoms with Gasteiger partial charge in [0, 0.05) is 38.1 Å². The molecule has 2 N–H and O–H groups in total. The molecule has 1 aromatic rings. The average molecular weight is 236 g/mol. The van der Waals surface area contributed by atoms with E-state index in [2.05, 4.69) is 34.5 Å². The zero-order chi connectivity index (χ0) is 12.3. The smallest absolute Gasteiger partial charge is 0.105 e. The van der Waals surface area contributed by atoms with Gasteiger partial charge in [-0.05, 0) is 39.2 Å². The van der Waals surface area contributed by atoms with Crippen molar-refractivity contribution in [1.82, 2.24) is 14.5 Å². The lowest BCUT2D eigenvalue weighted by Crippen LogP contribution is -2.43. The zero-order valence-electron chi connectivity index (χ0n) is 11.0. The first-order chi connectivity index (χ1) is 8.16. The standard InChI is InChI=1S/C13H24N4/c1-11(14)13-4-3-6-16(10-13)8-9-17-7-5-15-12(17)2/h5,7,11,13H,3-4,6,8-10,14H2,1-2H3. The zero-order valence-corrected chi connectivity index (χ0v) is 11.0. The topological polar surface area (TPSA) is 47.1 Å². The Morgan fingerprint density at radius 3 is 3.00 bits per heavy atom. The number of aryl methyl sites for hydroxylation is 1. The lowest BCUT2D eigenvalue weighted by atomic mass is 9.92. The minimum Gasteiger partial charge on any atom is -0.334 e. The Kier molecular flexibility index (Phi) is 4.18. The van der Waals surface area contributed by atoms with Gasteiger partial charge in [0.15, 0.2) is 0 Å². The van der Waals surface area contributed by atoms with Gasteiger partial charge in [-0.15, -0.1) is 0 Å². The summed E-state index contributed by atoms with van der Waals surface area (Å²) in [6.07, 6.45) is 6.51. The SMILES string of the molecule is Cc1nccn1CCN1CCCC(C(C)N)C1. The molecule has 1 aliphatic heterocycles. The third-order valence-electron chi connectivity index (χ3n) is 3.87. The van der Waals surface area contributed by atoms with E-state index in [0.29, 0.717) is 12.0 Å². The molecule has 17 heavy (non-hydrogen) atoms. The summed E-state index contributed by atoms with van der Waals surface area (Å²) in [7, 11) is 0. The Morgan fingerprint density at radius 1 is 1.53 bits per heavy atom. The second-order valence-corrected chi connectivity index (χ2v) is 5.23. The van der Waals surface area contributed by atoms with Crippen molar-refractivity contribution in [2.24, 2.45) is 11.7 Å². The molecular formula is C13H24N4. The van der Waals surface area contributed by atoms with E-state index in [1.165, 1.54) is 19.4 Å². The highest BCUT2D eigenvalue weighted by atomic mass is 15.2. The number of imidazole rings is 1. The van der Waals surface area contributed by atoms with E-state index < -0.39 is 0 Å². The van der Waals surface area contributed by atoms with Gasteiger partial charge in [0.25, 0.3) is 0 Å². The molecule has 0 aliphatic carbocycles. The second-order valence-electron chi connectivity index (χ2n) is 5.23. The number of rotatable bonds is 4. The number of aromatic nitrogens is 2. The van der Waals surface area contributed by atoms with Crippen molar-refractivity contribution in [3.8, 4) is 0 Å². The first-order valence-electron chi connectivity index (χ1n) is 6.62. The van der Waals surface area contributed by atoms with Crippen LogP contribution in [0.15, 0.2) is 12.4 Å². The van der Waals surface area contributed by atoms with Crippen molar-refractivity contribution < 1.29 is 0 Å². The summed E-state index contributed by atoms with van der Waals surface area (Å²) >= 11 is 0. The summed E-state index contributed by atoms with van der Waals surface area (Å²) in [5.41, 5.74) is 6.00. The first kappa shape index (κ1) is 12.6. The van der Waals surface area contributed by atoms with Crippen LogP contribution in [0, 0.1) is 12.8 Å². The number of hydrogen-bond acceptors (Lipinski definition) is 3. The van der Waals surface area contributed by atoms with Crippen molar-refractivity contribution in [3.05, 3.63) is 18.2 Å². The Hall–Kier alpha value is -0.870. The summed E-state index contributed by atoms with van der Waals surface area (Å²) < 4.78 is 2.22. The molecule has 0 radical (unpaired) electrons. The molecule has 0 spiro atoms. The monoisotopic (exact) mass is 236 g/mol. The van der Waals surface area contributed by atoms with Crippen LogP contribution in [-0.4, -0.2) is 40.1 Å². The Bertz CT molecular complexity index is 345. The summed E-state index contributed by atoms with van der Waals surface area (Å²) in [6.45, 7) is 8.72. The fourth-order valence-corrected chi connectivity index (χ4v) is 2.61. The summed E-state index contributed by atoms with van der Waals surface area (Å²) in [4.78, 5) is 6.79. The number of likely N-dealkylation sites (tertiary alicyclic amines) is 1. The van der Waals surface area contributed by atoms with Crippen LogP contribution in [0.3, 0.4) is 0 Å². The summed E-state index contributed by atoms with van der Waals surface area (Å²) in [5, 5.41) is 0. The molecule has 0 saturated carbocycles. The van der Waals surface area contributed by atoms with Crippen molar-refractivity contribution in [1.29, 1.82) is 0 Å². The van der Waals surface area contributed by atoms with Gasteiger partial charge in [-0.25, -0.2) is 4.98 Å². The van der Waals surface area contributed by atoms with Crippen molar-refractivity contribution in [3.63, 3.8) is 0 Å². The fraction of sp³-hybridized carbons (Fsp3) is 0.769. The molecule has 1 fully saturated rings. The van der Waals surface area contributed by atoms with E-state index >= 15 is 0 Å². The van der Waals surface area contributed by atoms with E-state index in [1.54, 1.807) is 0 Å². The van der Waals surface area contributed by atoms with E-state index in [-0.39, 0.29) is 0 Å². The van der Waals surface area contributed by atoms with Crippen LogP contribution in [0.5, 0.6) is 0 Å². The van der Waals surface area contributed by atoms with E-state index in [9.17, 15) is 0 Å². The van der Waals surface area contributed by atoms with Crippen molar-refractivity contribution in [2.45, 2.75) is 39.3 Å². The Morgan fingerprint density at radius 2 is 2.35 bits per heavy atom. The molecule has 0 bridgehead atoms. The van der Waals surface area contributed by atoms with Crippen LogP contribution in [0.25, 0.3) is 0 Å². The molecule has 0 amide bonds. The minimum absolute atomic E-state index is 0.327. The summed E-state index contributed by atoms with van der Waals surface area (Å²) in [6, 6.07) is 0.327. The third kappa shape index (κ3) is 3.30. The van der Waals surface area contributed by atoms with E-state index in [4.69, 9.17) is 5.73 Å². The molecular weight excluding hydrogens is 212 g/mol. The highest BCUT2D eigenvalue weighted by molar-refractivity contribution is 4.88. The molecule has 2 atom stereocenters. The predicted octanol–water partition coefficient (Wildman–Crippen LogP) is 1.25. The maximum Gasteiger partial charge on any atom is 0.105 e. The highest BCUT2D eigenvalue weighted by Crippen LogP contribution is 2.18. The first-order valence-corrected chi connectivity index (χ1v) is 6.62. The maximum atomic E-state index is 6.00. The normalized spacial score (nSPS) is 23.8. The minimum atomic E-state index is 0.327. The quantitative estimate of drug-likeness (QED) is 0.856. The predicted molar refractivity (Wildman–Crippen MR) is 69.8 cm³/mol. The van der Waals surface area contributed by atoms with Crippen LogP contribution in [0.2, 0.25) is 0 Å². The van der Waals surface area contributed by atoms with E-state index in [0.717, 1.165) is 25.5 Å². The van der Waals surface area contributed by atoms with Gasteiger partial charge in [0.1, 0.15) is 5.82 Å². The van der Waals surface area contributed by atoms with Crippen molar-refractivity contribution in [2.75, 3.05) is 19.6 Å². The fourth-order valence-electron chi connectivity index (χ4n) is 2.61. The van der Waals surface area contributed by atoms with Gasteiger partial charge in [0.2, 0.25) is 0 Å². The van der Waals surface area contributed by atoms with Gasteiger partial charge in [-0.2, -0.15) is 0 Å². The van der Waals surface area contributed by atoms with Crippen LogP contribution >= 0.6 is 0 Å². The third-order valence-corrected chi connectivity index (χ3v) is 3.87. The van der Waals surface area contributed by atoms with Crippen LogP contribution in [0.1, 0.15) is 25.6 Å².